The predicted molar refractivity (Wildman–Crippen MR) is 122 cm³/mol. The number of rotatable bonds is 6. The number of hydrogen-bond donors (Lipinski definition) is 1. The first-order valence-electron chi connectivity index (χ1n) is 9.19. The smallest absolute Gasteiger partial charge is 0.228 e. The molecule has 0 saturated carbocycles. The van der Waals surface area contributed by atoms with Gasteiger partial charge in [-0.05, 0) is 34.9 Å². The Hall–Kier alpha value is -3.02. The molecule has 0 saturated heterocycles. The van der Waals surface area contributed by atoms with Gasteiger partial charge >= 0.3 is 0 Å². The summed E-state index contributed by atoms with van der Waals surface area (Å²) < 4.78 is 0.949. The Morgan fingerprint density at radius 1 is 1.03 bits per heavy atom. The van der Waals surface area contributed by atoms with Gasteiger partial charge in [0.2, 0.25) is 5.91 Å². The van der Waals surface area contributed by atoms with Crippen LogP contribution >= 0.6 is 22.9 Å². The second-order valence-electron chi connectivity index (χ2n) is 6.45. The Morgan fingerprint density at radius 3 is 2.59 bits per heavy atom. The van der Waals surface area contributed by atoms with E-state index in [2.05, 4.69) is 39.6 Å². The van der Waals surface area contributed by atoms with Gasteiger partial charge < -0.3 is 5.32 Å². The van der Waals surface area contributed by atoms with Crippen LogP contribution in [-0.4, -0.2) is 23.7 Å². The molecule has 3 aromatic carbocycles. The van der Waals surface area contributed by atoms with E-state index < -0.39 is 0 Å². The third-order valence-electron chi connectivity index (χ3n) is 4.32. The molecular weight excluding hydrogens is 402 g/mol. The molecule has 4 aromatic rings. The van der Waals surface area contributed by atoms with Crippen LogP contribution in [0, 0.1) is 0 Å². The summed E-state index contributed by atoms with van der Waals surface area (Å²) in [5, 5.41) is 4.06. The second-order valence-corrected chi connectivity index (χ2v) is 7.92. The largest absolute Gasteiger partial charge is 0.302 e. The number of benzene rings is 3. The Kier molecular flexibility index (Phi) is 5.98. The number of aliphatic imine (C=N–C) groups is 1. The molecule has 0 aliphatic carbocycles. The van der Waals surface area contributed by atoms with Crippen LogP contribution in [0.15, 0.2) is 77.8 Å². The van der Waals surface area contributed by atoms with Crippen LogP contribution in [-0.2, 0) is 4.79 Å². The molecule has 0 spiro atoms. The molecular formula is C23H18ClN3OS. The number of hydrogen-bond acceptors (Lipinski definition) is 4. The molecule has 1 N–H and O–H groups in total. The molecule has 1 heterocycles. The minimum atomic E-state index is -0.105. The van der Waals surface area contributed by atoms with Crippen molar-refractivity contribution in [2.24, 2.45) is 4.99 Å². The highest BCUT2D eigenvalue weighted by molar-refractivity contribution is 7.22. The number of carbonyl (C=O) groups is 1. The van der Waals surface area contributed by atoms with Crippen molar-refractivity contribution in [3.63, 3.8) is 0 Å². The molecule has 0 aliphatic heterocycles. The molecule has 6 heteroatoms. The minimum Gasteiger partial charge on any atom is -0.302 e. The van der Waals surface area contributed by atoms with Crippen molar-refractivity contribution in [2.45, 2.75) is 6.42 Å². The molecule has 0 aliphatic rings. The fourth-order valence-corrected chi connectivity index (χ4v) is 4.02. The lowest BCUT2D eigenvalue weighted by Crippen LogP contribution is -2.12. The highest BCUT2D eigenvalue weighted by atomic mass is 35.5. The number of nitrogens with zero attached hydrogens (tertiary/aromatic N) is 2. The van der Waals surface area contributed by atoms with Crippen LogP contribution in [0.4, 0.5) is 5.13 Å². The zero-order valence-corrected chi connectivity index (χ0v) is 17.1. The quantitative estimate of drug-likeness (QED) is 0.386. The van der Waals surface area contributed by atoms with Crippen LogP contribution in [0.2, 0.25) is 5.02 Å². The lowest BCUT2D eigenvalue weighted by Gasteiger charge is -2.02. The van der Waals surface area contributed by atoms with Gasteiger partial charge in [-0.1, -0.05) is 77.5 Å². The van der Waals surface area contributed by atoms with E-state index in [0.29, 0.717) is 23.1 Å². The summed E-state index contributed by atoms with van der Waals surface area (Å²) in [7, 11) is 0. The third-order valence-corrected chi connectivity index (χ3v) is 5.49. The minimum absolute atomic E-state index is 0.105. The van der Waals surface area contributed by atoms with Crippen molar-refractivity contribution in [1.82, 2.24) is 4.98 Å². The number of nitrogens with one attached hydrogen (secondary N) is 1. The molecule has 0 bridgehead atoms. The summed E-state index contributed by atoms with van der Waals surface area (Å²) in [4.78, 5) is 20.9. The first-order chi connectivity index (χ1) is 14.2. The summed E-state index contributed by atoms with van der Waals surface area (Å²) >= 11 is 7.39. The van der Waals surface area contributed by atoms with Gasteiger partial charge in [0.05, 0.1) is 10.2 Å². The van der Waals surface area contributed by atoms with E-state index in [9.17, 15) is 4.79 Å². The van der Waals surface area contributed by atoms with Crippen LogP contribution in [0.3, 0.4) is 0 Å². The maximum absolute atomic E-state index is 12.1. The van der Waals surface area contributed by atoms with Crippen LogP contribution in [0.25, 0.3) is 21.3 Å². The van der Waals surface area contributed by atoms with E-state index in [-0.39, 0.29) is 5.91 Å². The molecule has 1 aromatic heterocycles. The van der Waals surface area contributed by atoms with Gasteiger partial charge in [-0.15, -0.1) is 0 Å². The number of amides is 1. The molecule has 4 rings (SSSR count). The summed E-state index contributed by atoms with van der Waals surface area (Å²) in [6.07, 6.45) is 2.09. The van der Waals surface area contributed by atoms with E-state index in [1.165, 1.54) is 22.5 Å². The number of halogens is 1. The van der Waals surface area contributed by atoms with Gasteiger partial charge in [-0.2, -0.15) is 0 Å². The standard InChI is InChI=1S/C23H18ClN3OS/c24-19-10-11-20-21(14-19)29-23(26-20)27-22(28)12-13-25-15-16-6-8-18(9-7-16)17-4-2-1-3-5-17/h1-11,14-15H,12-13H2,(H,26,27,28). The normalized spacial score (nSPS) is 11.2. The maximum atomic E-state index is 12.1. The summed E-state index contributed by atoms with van der Waals surface area (Å²) in [5.74, 6) is -0.105. The molecule has 0 radical (unpaired) electrons. The average Bonchev–Trinajstić information content (AvgIpc) is 3.13. The van der Waals surface area contributed by atoms with E-state index in [1.54, 1.807) is 12.3 Å². The van der Waals surface area contributed by atoms with E-state index in [0.717, 1.165) is 15.8 Å². The predicted octanol–water partition coefficient (Wildman–Crippen LogP) is 6.06. The zero-order chi connectivity index (χ0) is 20.1. The number of anilines is 1. The van der Waals surface area contributed by atoms with Gasteiger partial charge in [0.1, 0.15) is 0 Å². The molecule has 0 fully saturated rings. The summed E-state index contributed by atoms with van der Waals surface area (Å²) in [6, 6.07) is 23.9. The molecule has 144 valence electrons. The Balaban J connectivity index is 1.28. The molecule has 4 nitrogen and oxygen atoms in total. The fourth-order valence-electron chi connectivity index (χ4n) is 2.86. The van der Waals surface area contributed by atoms with Crippen LogP contribution in [0.1, 0.15) is 12.0 Å². The highest BCUT2D eigenvalue weighted by Gasteiger charge is 2.07. The number of aromatic nitrogens is 1. The first-order valence-corrected chi connectivity index (χ1v) is 10.4. The zero-order valence-electron chi connectivity index (χ0n) is 15.5. The second kappa shape index (κ2) is 8.99. The maximum Gasteiger partial charge on any atom is 0.228 e. The highest BCUT2D eigenvalue weighted by Crippen LogP contribution is 2.28. The molecule has 1 amide bonds. The SMILES string of the molecule is O=C(CCN=Cc1ccc(-c2ccccc2)cc1)Nc1nc2ccc(Cl)cc2s1. The number of carbonyl (C=O) groups excluding carboxylic acids is 1. The molecule has 0 unspecified atom stereocenters. The van der Waals surface area contributed by atoms with Crippen molar-refractivity contribution in [1.29, 1.82) is 0 Å². The molecule has 29 heavy (non-hydrogen) atoms. The van der Waals surface area contributed by atoms with Crippen molar-refractivity contribution in [3.8, 4) is 11.1 Å². The Morgan fingerprint density at radius 2 is 1.79 bits per heavy atom. The molecule has 0 atom stereocenters. The topological polar surface area (TPSA) is 54.4 Å². The fraction of sp³-hybridized carbons (Fsp3) is 0.0870. The van der Waals surface area contributed by atoms with Crippen molar-refractivity contribution >= 4 is 50.4 Å². The van der Waals surface area contributed by atoms with E-state index >= 15 is 0 Å². The number of fused-ring (bicyclic) bond motifs is 1. The Labute approximate surface area is 177 Å². The van der Waals surface area contributed by atoms with E-state index in [1.807, 2.05) is 42.5 Å². The van der Waals surface area contributed by atoms with E-state index in [4.69, 9.17) is 11.6 Å². The summed E-state index contributed by atoms with van der Waals surface area (Å²) in [5.41, 5.74) is 4.18. The van der Waals surface area contributed by atoms with Gasteiger partial charge in [0.25, 0.3) is 0 Å². The van der Waals surface area contributed by atoms with Gasteiger partial charge in [0.15, 0.2) is 5.13 Å². The van der Waals surface area contributed by atoms with Crippen LogP contribution in [0.5, 0.6) is 0 Å². The lowest BCUT2D eigenvalue weighted by atomic mass is 10.0. The first kappa shape index (κ1) is 19.3. The Bertz CT molecular complexity index is 1150. The average molecular weight is 420 g/mol. The number of thiazole rings is 1. The van der Waals surface area contributed by atoms with Crippen molar-refractivity contribution in [2.75, 3.05) is 11.9 Å². The van der Waals surface area contributed by atoms with Gasteiger partial charge in [-0.3, -0.25) is 9.79 Å². The monoisotopic (exact) mass is 419 g/mol. The van der Waals surface area contributed by atoms with Gasteiger partial charge in [0, 0.05) is 24.2 Å². The third kappa shape index (κ3) is 5.08. The van der Waals surface area contributed by atoms with Crippen LogP contribution < -0.4 is 5.32 Å². The lowest BCUT2D eigenvalue weighted by molar-refractivity contribution is -0.116. The van der Waals surface area contributed by atoms with Gasteiger partial charge in [-0.25, -0.2) is 4.98 Å². The summed E-state index contributed by atoms with van der Waals surface area (Å²) in [6.45, 7) is 0.420. The van der Waals surface area contributed by atoms with Crippen molar-refractivity contribution < 1.29 is 4.79 Å². The van der Waals surface area contributed by atoms with Crippen molar-refractivity contribution in [3.05, 3.63) is 83.4 Å².